The SMILES string of the molecule is O=C(NC1CCC(C(=O)OC2CCCCC2)CC1)c1ccc(CCC23CCN(CC2)CC3)cc1. The van der Waals surface area contributed by atoms with Crippen LogP contribution in [0.3, 0.4) is 0 Å². The zero-order chi connectivity index (χ0) is 23.4. The van der Waals surface area contributed by atoms with Crippen molar-refractivity contribution < 1.29 is 14.3 Å². The number of esters is 1. The number of nitrogens with zero attached hydrogens (tertiary/aromatic N) is 1. The molecule has 5 heteroatoms. The monoisotopic (exact) mass is 466 g/mol. The van der Waals surface area contributed by atoms with Crippen LogP contribution >= 0.6 is 0 Å². The molecule has 1 aromatic carbocycles. The van der Waals surface area contributed by atoms with E-state index in [0.29, 0.717) is 5.41 Å². The van der Waals surface area contributed by atoms with E-state index in [9.17, 15) is 9.59 Å². The van der Waals surface area contributed by atoms with Gasteiger partial charge in [0, 0.05) is 11.6 Å². The summed E-state index contributed by atoms with van der Waals surface area (Å²) in [5.74, 6) is 0.00819. The molecule has 34 heavy (non-hydrogen) atoms. The van der Waals surface area contributed by atoms with Crippen molar-refractivity contribution in [1.82, 2.24) is 10.2 Å². The minimum absolute atomic E-state index is 0.00484. The Morgan fingerprint density at radius 2 is 1.53 bits per heavy atom. The molecule has 0 unspecified atom stereocenters. The van der Waals surface area contributed by atoms with Crippen LogP contribution in [0, 0.1) is 11.3 Å². The maximum atomic E-state index is 12.8. The first kappa shape index (κ1) is 23.8. The molecule has 0 spiro atoms. The predicted molar refractivity (Wildman–Crippen MR) is 134 cm³/mol. The Hall–Kier alpha value is -1.88. The molecule has 1 aromatic rings. The fraction of sp³-hybridized carbons (Fsp3) is 0.724. The van der Waals surface area contributed by atoms with E-state index in [1.807, 2.05) is 12.1 Å². The molecule has 5 aliphatic rings. The van der Waals surface area contributed by atoms with Crippen LogP contribution in [0.4, 0.5) is 0 Å². The van der Waals surface area contributed by atoms with Crippen molar-refractivity contribution in [3.63, 3.8) is 0 Å². The summed E-state index contributed by atoms with van der Waals surface area (Å²) in [5, 5.41) is 3.20. The number of fused-ring (bicyclic) bond motifs is 3. The highest BCUT2D eigenvalue weighted by Crippen LogP contribution is 2.43. The van der Waals surface area contributed by atoms with Gasteiger partial charge in [-0.25, -0.2) is 0 Å². The van der Waals surface area contributed by atoms with Gasteiger partial charge in [-0.3, -0.25) is 9.59 Å². The average Bonchev–Trinajstić information content (AvgIpc) is 2.90. The van der Waals surface area contributed by atoms with Crippen LogP contribution in [0.1, 0.15) is 99.4 Å². The number of hydrogen-bond donors (Lipinski definition) is 1. The first-order valence-electron chi connectivity index (χ1n) is 13.9. The van der Waals surface area contributed by atoms with Gasteiger partial charge in [0.15, 0.2) is 0 Å². The van der Waals surface area contributed by atoms with Crippen LogP contribution < -0.4 is 5.32 Å². The summed E-state index contributed by atoms with van der Waals surface area (Å²) in [6.07, 6.45) is 15.6. The molecule has 2 bridgehead atoms. The third-order valence-corrected chi connectivity index (χ3v) is 9.27. The van der Waals surface area contributed by atoms with Crippen molar-refractivity contribution in [2.75, 3.05) is 19.6 Å². The first-order chi connectivity index (χ1) is 16.6. The van der Waals surface area contributed by atoms with E-state index < -0.39 is 0 Å². The van der Waals surface area contributed by atoms with E-state index in [1.165, 1.54) is 70.1 Å². The Balaban J connectivity index is 1.04. The summed E-state index contributed by atoms with van der Waals surface area (Å²) in [4.78, 5) is 27.9. The molecular weight excluding hydrogens is 424 g/mol. The summed E-state index contributed by atoms with van der Waals surface area (Å²) in [5.41, 5.74) is 2.65. The van der Waals surface area contributed by atoms with Crippen molar-refractivity contribution in [1.29, 1.82) is 0 Å². The molecule has 0 aromatic heterocycles. The van der Waals surface area contributed by atoms with Gasteiger partial charge in [-0.1, -0.05) is 18.6 Å². The minimum Gasteiger partial charge on any atom is -0.462 e. The second-order valence-corrected chi connectivity index (χ2v) is 11.5. The van der Waals surface area contributed by atoms with Crippen molar-refractivity contribution >= 4 is 11.9 Å². The normalized spacial score (nSPS) is 31.7. The van der Waals surface area contributed by atoms with Gasteiger partial charge in [0.25, 0.3) is 5.91 Å². The summed E-state index contributed by atoms with van der Waals surface area (Å²) in [7, 11) is 0. The van der Waals surface area contributed by atoms with Crippen molar-refractivity contribution in [3.8, 4) is 0 Å². The van der Waals surface area contributed by atoms with Gasteiger partial charge in [-0.15, -0.1) is 0 Å². The fourth-order valence-corrected chi connectivity index (χ4v) is 6.69. The van der Waals surface area contributed by atoms with E-state index in [-0.39, 0.29) is 29.9 Å². The van der Waals surface area contributed by atoms with E-state index in [4.69, 9.17) is 4.74 Å². The molecule has 0 atom stereocenters. The number of carbonyl (C=O) groups is 2. The Morgan fingerprint density at radius 3 is 2.18 bits per heavy atom. The quantitative estimate of drug-likeness (QED) is 0.556. The van der Waals surface area contributed by atoms with Gasteiger partial charge >= 0.3 is 5.97 Å². The number of carbonyl (C=O) groups excluding carboxylic acids is 2. The van der Waals surface area contributed by atoms with E-state index in [2.05, 4.69) is 22.3 Å². The largest absolute Gasteiger partial charge is 0.462 e. The van der Waals surface area contributed by atoms with Crippen molar-refractivity contribution in [2.24, 2.45) is 11.3 Å². The van der Waals surface area contributed by atoms with Crippen molar-refractivity contribution in [2.45, 2.75) is 102 Å². The van der Waals surface area contributed by atoms with Crippen LogP contribution in [0.5, 0.6) is 0 Å². The lowest BCUT2D eigenvalue weighted by Crippen LogP contribution is -2.48. The topological polar surface area (TPSA) is 58.6 Å². The molecule has 2 aliphatic carbocycles. The number of piperidine rings is 3. The highest BCUT2D eigenvalue weighted by atomic mass is 16.5. The molecule has 6 rings (SSSR count). The molecule has 1 N–H and O–H groups in total. The number of hydrogen-bond acceptors (Lipinski definition) is 4. The summed E-state index contributed by atoms with van der Waals surface area (Å²) in [6, 6.07) is 8.41. The van der Waals surface area contributed by atoms with Crippen LogP contribution in [-0.2, 0) is 16.0 Å². The lowest BCUT2D eigenvalue weighted by Gasteiger charge is -2.48. The highest BCUT2D eigenvalue weighted by Gasteiger charge is 2.38. The number of aryl methyl sites for hydroxylation is 1. The molecule has 3 aliphatic heterocycles. The number of amides is 1. The molecule has 0 radical (unpaired) electrons. The number of ether oxygens (including phenoxy) is 1. The molecular formula is C29H42N2O3. The van der Waals surface area contributed by atoms with Crippen LogP contribution in [0.2, 0.25) is 0 Å². The summed E-state index contributed by atoms with van der Waals surface area (Å²) < 4.78 is 5.77. The smallest absolute Gasteiger partial charge is 0.309 e. The number of rotatable bonds is 7. The Kier molecular flexibility index (Phi) is 7.58. The summed E-state index contributed by atoms with van der Waals surface area (Å²) >= 11 is 0. The highest BCUT2D eigenvalue weighted by molar-refractivity contribution is 5.94. The first-order valence-corrected chi connectivity index (χ1v) is 13.9. The van der Waals surface area contributed by atoms with E-state index in [0.717, 1.165) is 50.5 Å². The number of benzene rings is 1. The van der Waals surface area contributed by atoms with Gasteiger partial charge in [-0.05, 0) is 126 Å². The zero-order valence-electron chi connectivity index (χ0n) is 20.7. The van der Waals surface area contributed by atoms with Gasteiger partial charge in [0.05, 0.1) is 5.92 Å². The Labute approximate surface area is 205 Å². The van der Waals surface area contributed by atoms with Crippen LogP contribution in [0.25, 0.3) is 0 Å². The second-order valence-electron chi connectivity index (χ2n) is 11.5. The molecule has 5 fully saturated rings. The Morgan fingerprint density at radius 1 is 0.882 bits per heavy atom. The van der Waals surface area contributed by atoms with Gasteiger partial charge < -0.3 is 15.0 Å². The Bertz CT molecular complexity index is 816. The minimum atomic E-state index is -0.00872. The second kappa shape index (κ2) is 10.8. The van der Waals surface area contributed by atoms with Gasteiger partial charge in [0.1, 0.15) is 6.10 Å². The van der Waals surface area contributed by atoms with Crippen molar-refractivity contribution in [3.05, 3.63) is 35.4 Å². The molecule has 186 valence electrons. The molecule has 3 saturated heterocycles. The maximum Gasteiger partial charge on any atom is 0.309 e. The van der Waals surface area contributed by atoms with Gasteiger partial charge in [-0.2, -0.15) is 0 Å². The molecule has 5 nitrogen and oxygen atoms in total. The van der Waals surface area contributed by atoms with Crippen LogP contribution in [0.15, 0.2) is 24.3 Å². The molecule has 3 heterocycles. The molecule has 2 saturated carbocycles. The lowest BCUT2D eigenvalue weighted by atomic mass is 9.69. The zero-order valence-corrected chi connectivity index (χ0v) is 20.7. The predicted octanol–water partition coefficient (Wildman–Crippen LogP) is 5.27. The third-order valence-electron chi connectivity index (χ3n) is 9.27. The van der Waals surface area contributed by atoms with Gasteiger partial charge in [0.2, 0.25) is 0 Å². The van der Waals surface area contributed by atoms with Crippen LogP contribution in [-0.4, -0.2) is 48.6 Å². The number of nitrogens with one attached hydrogen (secondary N) is 1. The lowest BCUT2D eigenvalue weighted by molar-refractivity contribution is -0.156. The molecule has 1 amide bonds. The maximum absolute atomic E-state index is 12.8. The standard InChI is InChI=1S/C29H42N2O3/c32-27(30-25-12-10-24(11-13-25)28(33)34-26-4-2-1-3-5-26)23-8-6-22(7-9-23)14-15-29-16-19-31(20-17-29)21-18-29/h6-9,24-26H,1-5,10-21H2,(H,30,32). The third kappa shape index (κ3) is 5.84. The van der Waals surface area contributed by atoms with E-state index >= 15 is 0 Å². The average molecular weight is 467 g/mol. The van der Waals surface area contributed by atoms with E-state index in [1.54, 1.807) is 0 Å². The summed E-state index contributed by atoms with van der Waals surface area (Å²) in [6.45, 7) is 3.84. The fourth-order valence-electron chi connectivity index (χ4n) is 6.69.